The number of nitrogens with zero attached hydrogens (tertiary/aromatic N) is 1. The van der Waals surface area contributed by atoms with Crippen LogP contribution in [0.2, 0.25) is 0 Å². The van der Waals surface area contributed by atoms with Gasteiger partial charge in [0.1, 0.15) is 6.10 Å². The molecule has 0 amide bonds. The van der Waals surface area contributed by atoms with Gasteiger partial charge < -0.3 is 5.11 Å². The molecule has 0 radical (unpaired) electrons. The lowest BCUT2D eigenvalue weighted by Gasteiger charge is -2.15. The summed E-state index contributed by atoms with van der Waals surface area (Å²) in [6, 6.07) is 5.23. The van der Waals surface area contributed by atoms with Crippen molar-refractivity contribution in [3.05, 3.63) is 64.7 Å². The second kappa shape index (κ2) is 5.40. The van der Waals surface area contributed by atoms with Gasteiger partial charge in [0.25, 0.3) is 0 Å². The van der Waals surface area contributed by atoms with Crippen LogP contribution in [-0.4, -0.2) is 10.1 Å². The lowest BCUT2D eigenvalue weighted by atomic mass is 10.00. The molecule has 0 saturated carbocycles. The molecule has 1 aromatic heterocycles. The molecule has 2 rings (SSSR count). The van der Waals surface area contributed by atoms with Crippen molar-refractivity contribution in [3.8, 4) is 0 Å². The molecule has 0 bridgehead atoms. The van der Waals surface area contributed by atoms with Crippen molar-refractivity contribution in [1.29, 1.82) is 0 Å². The van der Waals surface area contributed by atoms with Gasteiger partial charge in [-0.3, -0.25) is 4.98 Å². The summed E-state index contributed by atoms with van der Waals surface area (Å²) >= 11 is 0. The standard InChI is InChI=1S/C14H12F3NO/c1-2-8-4-3-7-18-13(8)14(19)9-5-6-10(15)12(17)11(9)16/h3-7,14,19H,2H2,1H3. The van der Waals surface area contributed by atoms with Crippen molar-refractivity contribution in [1.82, 2.24) is 4.98 Å². The summed E-state index contributed by atoms with van der Waals surface area (Å²) in [5, 5.41) is 10.1. The normalized spacial score (nSPS) is 12.5. The van der Waals surface area contributed by atoms with Crippen molar-refractivity contribution in [2.75, 3.05) is 0 Å². The second-order valence-electron chi connectivity index (χ2n) is 4.07. The van der Waals surface area contributed by atoms with Gasteiger partial charge in [-0.05, 0) is 30.2 Å². The van der Waals surface area contributed by atoms with E-state index in [0.717, 1.165) is 17.7 Å². The first-order valence-electron chi connectivity index (χ1n) is 5.81. The molecule has 1 aromatic carbocycles. The van der Waals surface area contributed by atoms with Gasteiger partial charge in [-0.15, -0.1) is 0 Å². The number of aliphatic hydroxyl groups is 1. The molecular weight excluding hydrogens is 255 g/mol. The first-order valence-corrected chi connectivity index (χ1v) is 5.81. The highest BCUT2D eigenvalue weighted by molar-refractivity contribution is 5.32. The number of aromatic nitrogens is 1. The molecule has 100 valence electrons. The van der Waals surface area contributed by atoms with Crippen LogP contribution in [-0.2, 0) is 6.42 Å². The molecule has 2 aromatic rings. The van der Waals surface area contributed by atoms with Crippen molar-refractivity contribution >= 4 is 0 Å². The van der Waals surface area contributed by atoms with Gasteiger partial charge in [0, 0.05) is 11.8 Å². The van der Waals surface area contributed by atoms with Crippen LogP contribution in [0.25, 0.3) is 0 Å². The van der Waals surface area contributed by atoms with Crippen LogP contribution in [0.15, 0.2) is 30.5 Å². The van der Waals surface area contributed by atoms with E-state index in [0.29, 0.717) is 6.42 Å². The van der Waals surface area contributed by atoms with Crippen LogP contribution in [0.4, 0.5) is 13.2 Å². The van der Waals surface area contributed by atoms with Gasteiger partial charge in [-0.25, -0.2) is 13.2 Å². The Labute approximate surface area is 108 Å². The van der Waals surface area contributed by atoms with Crippen molar-refractivity contribution in [2.45, 2.75) is 19.4 Å². The number of halogens is 3. The van der Waals surface area contributed by atoms with Crippen LogP contribution in [0.1, 0.15) is 29.8 Å². The first-order chi connectivity index (χ1) is 9.06. The number of benzene rings is 1. The van der Waals surface area contributed by atoms with E-state index in [-0.39, 0.29) is 11.3 Å². The molecule has 0 aliphatic rings. The van der Waals surface area contributed by atoms with Crippen LogP contribution in [0.5, 0.6) is 0 Å². The van der Waals surface area contributed by atoms with Gasteiger partial charge in [-0.2, -0.15) is 0 Å². The number of aryl methyl sites for hydroxylation is 1. The summed E-state index contributed by atoms with van der Waals surface area (Å²) in [4.78, 5) is 3.99. The molecule has 1 N–H and O–H groups in total. The minimum atomic E-state index is -1.59. The van der Waals surface area contributed by atoms with Crippen LogP contribution < -0.4 is 0 Å². The Morgan fingerprint density at radius 3 is 2.58 bits per heavy atom. The minimum absolute atomic E-state index is 0.245. The molecule has 5 heteroatoms. The Balaban J connectivity index is 2.50. The molecule has 0 fully saturated rings. The number of pyridine rings is 1. The molecule has 2 nitrogen and oxygen atoms in total. The SMILES string of the molecule is CCc1cccnc1C(O)c1ccc(F)c(F)c1F. The van der Waals surface area contributed by atoms with E-state index in [1.54, 1.807) is 12.1 Å². The molecule has 0 spiro atoms. The topological polar surface area (TPSA) is 33.1 Å². The maximum atomic E-state index is 13.6. The highest BCUT2D eigenvalue weighted by Gasteiger charge is 2.22. The van der Waals surface area contributed by atoms with Crippen LogP contribution >= 0.6 is 0 Å². The number of rotatable bonds is 3. The van der Waals surface area contributed by atoms with Crippen LogP contribution in [0.3, 0.4) is 0 Å². The Hall–Kier alpha value is -1.88. The van der Waals surface area contributed by atoms with E-state index in [2.05, 4.69) is 4.98 Å². The van der Waals surface area contributed by atoms with Crippen LogP contribution in [0, 0.1) is 17.5 Å². The van der Waals surface area contributed by atoms with Crippen molar-refractivity contribution < 1.29 is 18.3 Å². The fourth-order valence-electron chi connectivity index (χ4n) is 1.90. The fourth-order valence-corrected chi connectivity index (χ4v) is 1.90. The average Bonchev–Trinajstić information content (AvgIpc) is 2.44. The van der Waals surface area contributed by atoms with E-state index >= 15 is 0 Å². The van der Waals surface area contributed by atoms with E-state index in [9.17, 15) is 18.3 Å². The summed E-state index contributed by atoms with van der Waals surface area (Å²) in [5.74, 6) is -4.27. The van der Waals surface area contributed by atoms with E-state index in [1.165, 1.54) is 6.20 Å². The van der Waals surface area contributed by atoms with Gasteiger partial charge in [0.05, 0.1) is 5.69 Å². The second-order valence-corrected chi connectivity index (χ2v) is 4.07. The average molecular weight is 267 g/mol. The van der Waals surface area contributed by atoms with Gasteiger partial charge in [0.2, 0.25) is 0 Å². The Morgan fingerprint density at radius 2 is 1.89 bits per heavy atom. The molecule has 0 aliphatic heterocycles. The van der Waals surface area contributed by atoms with Crippen molar-refractivity contribution in [2.24, 2.45) is 0 Å². The van der Waals surface area contributed by atoms with E-state index < -0.39 is 23.6 Å². The van der Waals surface area contributed by atoms with Crippen molar-refractivity contribution in [3.63, 3.8) is 0 Å². The molecule has 1 unspecified atom stereocenters. The largest absolute Gasteiger partial charge is 0.382 e. The van der Waals surface area contributed by atoms with Gasteiger partial charge in [-0.1, -0.05) is 13.0 Å². The monoisotopic (exact) mass is 267 g/mol. The summed E-state index contributed by atoms with van der Waals surface area (Å²) in [7, 11) is 0. The summed E-state index contributed by atoms with van der Waals surface area (Å²) in [5.41, 5.74) is 0.640. The highest BCUT2D eigenvalue weighted by Crippen LogP contribution is 2.27. The number of hydrogen-bond acceptors (Lipinski definition) is 2. The van der Waals surface area contributed by atoms with E-state index in [4.69, 9.17) is 0 Å². The summed E-state index contributed by atoms with van der Waals surface area (Å²) < 4.78 is 39.7. The predicted octanol–water partition coefficient (Wildman–Crippen LogP) is 3.14. The third-order valence-electron chi connectivity index (χ3n) is 2.93. The Kier molecular flexibility index (Phi) is 3.85. The smallest absolute Gasteiger partial charge is 0.194 e. The quantitative estimate of drug-likeness (QED) is 0.867. The summed E-state index contributed by atoms with van der Waals surface area (Å²) in [6.45, 7) is 1.86. The zero-order valence-electron chi connectivity index (χ0n) is 10.2. The number of hydrogen-bond donors (Lipinski definition) is 1. The van der Waals surface area contributed by atoms with Gasteiger partial charge >= 0.3 is 0 Å². The zero-order chi connectivity index (χ0) is 14.0. The fraction of sp³-hybridized carbons (Fsp3) is 0.214. The molecular formula is C14H12F3NO. The maximum absolute atomic E-state index is 13.6. The Bertz CT molecular complexity index is 601. The maximum Gasteiger partial charge on any atom is 0.194 e. The summed E-state index contributed by atoms with van der Waals surface area (Å²) in [6.07, 6.45) is 0.618. The minimum Gasteiger partial charge on any atom is -0.382 e. The lowest BCUT2D eigenvalue weighted by Crippen LogP contribution is -2.09. The first kappa shape index (κ1) is 13.5. The van der Waals surface area contributed by atoms with Gasteiger partial charge in [0.15, 0.2) is 17.5 Å². The third-order valence-corrected chi connectivity index (χ3v) is 2.93. The molecule has 0 aliphatic carbocycles. The zero-order valence-corrected chi connectivity index (χ0v) is 10.2. The molecule has 1 atom stereocenters. The predicted molar refractivity (Wildman–Crippen MR) is 64.0 cm³/mol. The number of aliphatic hydroxyl groups excluding tert-OH is 1. The Morgan fingerprint density at radius 1 is 1.16 bits per heavy atom. The molecule has 0 saturated heterocycles. The highest BCUT2D eigenvalue weighted by atomic mass is 19.2. The lowest BCUT2D eigenvalue weighted by molar-refractivity contribution is 0.206. The molecule has 19 heavy (non-hydrogen) atoms. The third kappa shape index (κ3) is 2.46. The molecule has 1 heterocycles. The van der Waals surface area contributed by atoms with E-state index in [1.807, 2.05) is 6.92 Å².